The maximum Gasteiger partial charge on any atom is 0.0675 e. The van der Waals surface area contributed by atoms with Crippen LogP contribution in [0.4, 0.5) is 0 Å². The van der Waals surface area contributed by atoms with Crippen LogP contribution in [0.1, 0.15) is 64.9 Å². The third kappa shape index (κ3) is 4.64. The number of nitrogens with zero attached hydrogens (tertiary/aromatic N) is 1. The average molecular weight is 346 g/mol. The number of fused-ring (bicyclic) bond motifs is 1. The van der Waals surface area contributed by atoms with Gasteiger partial charge in [-0.3, -0.25) is 4.90 Å². The van der Waals surface area contributed by atoms with Crippen molar-refractivity contribution < 1.29 is 9.84 Å². The normalized spacial score (nSPS) is 33.4. The summed E-state index contributed by atoms with van der Waals surface area (Å²) in [5, 5.41) is 11.0. The number of hydrogen-bond donors (Lipinski definition) is 1. The molecule has 0 aromatic heterocycles. The molecule has 3 nitrogen and oxygen atoms in total. The minimum atomic E-state index is -0.484. The van der Waals surface area contributed by atoms with Crippen molar-refractivity contribution in [2.75, 3.05) is 19.7 Å². The molecule has 3 rings (SSSR count). The molecule has 0 spiro atoms. The molecule has 2 fully saturated rings. The molecule has 0 radical (unpaired) electrons. The smallest absolute Gasteiger partial charge is 0.0675 e. The summed E-state index contributed by atoms with van der Waals surface area (Å²) >= 11 is 0. The molecule has 3 atom stereocenters. The lowest BCUT2D eigenvalue weighted by Gasteiger charge is -2.51. The molecule has 1 aromatic carbocycles. The van der Waals surface area contributed by atoms with Crippen LogP contribution < -0.4 is 0 Å². The van der Waals surface area contributed by atoms with Crippen molar-refractivity contribution in [1.29, 1.82) is 0 Å². The first-order valence-electron chi connectivity index (χ1n) is 10.0. The van der Waals surface area contributed by atoms with Crippen molar-refractivity contribution in [2.45, 2.75) is 82.5 Å². The zero-order valence-electron chi connectivity index (χ0n) is 16.2. The Labute approximate surface area is 153 Å². The first-order chi connectivity index (χ1) is 11.9. The van der Waals surface area contributed by atoms with E-state index in [0.717, 1.165) is 45.4 Å². The van der Waals surface area contributed by atoms with Gasteiger partial charge < -0.3 is 9.84 Å². The van der Waals surface area contributed by atoms with Crippen molar-refractivity contribution in [1.82, 2.24) is 4.90 Å². The molecule has 2 aliphatic rings. The fourth-order valence-corrected chi connectivity index (χ4v) is 4.73. The highest BCUT2D eigenvalue weighted by Crippen LogP contribution is 2.41. The predicted octanol–water partition coefficient (Wildman–Crippen LogP) is 4.14. The second-order valence-electron chi connectivity index (χ2n) is 8.79. The van der Waals surface area contributed by atoms with Crippen LogP contribution in [-0.2, 0) is 10.2 Å². The summed E-state index contributed by atoms with van der Waals surface area (Å²) in [6, 6.07) is 11.5. The quantitative estimate of drug-likeness (QED) is 0.787. The van der Waals surface area contributed by atoms with E-state index >= 15 is 0 Å². The second kappa shape index (κ2) is 7.77. The average Bonchev–Trinajstić information content (AvgIpc) is 2.60. The lowest BCUT2D eigenvalue weighted by Crippen LogP contribution is -2.57. The zero-order chi connectivity index (χ0) is 17.9. The van der Waals surface area contributed by atoms with Crippen LogP contribution in [-0.4, -0.2) is 47.4 Å². The van der Waals surface area contributed by atoms with Gasteiger partial charge >= 0.3 is 0 Å². The fourth-order valence-electron chi connectivity index (χ4n) is 4.73. The molecule has 0 saturated carbocycles. The summed E-state index contributed by atoms with van der Waals surface area (Å²) in [4.78, 5) is 2.63. The van der Waals surface area contributed by atoms with Crippen molar-refractivity contribution in [3.05, 3.63) is 35.9 Å². The number of hydrogen-bond acceptors (Lipinski definition) is 3. The molecule has 2 aliphatic heterocycles. The molecule has 2 saturated heterocycles. The topological polar surface area (TPSA) is 32.7 Å². The van der Waals surface area contributed by atoms with Crippen LogP contribution in [0.2, 0.25) is 0 Å². The highest BCUT2D eigenvalue weighted by Gasteiger charge is 2.44. The first kappa shape index (κ1) is 18.9. The van der Waals surface area contributed by atoms with Gasteiger partial charge in [0, 0.05) is 31.2 Å². The lowest BCUT2D eigenvalue weighted by molar-refractivity contribution is -0.0755. The summed E-state index contributed by atoms with van der Waals surface area (Å²) < 4.78 is 5.64. The van der Waals surface area contributed by atoms with Crippen LogP contribution in [0.25, 0.3) is 0 Å². The summed E-state index contributed by atoms with van der Waals surface area (Å²) in [5.74, 6) is 0. The van der Waals surface area contributed by atoms with E-state index < -0.39 is 5.60 Å². The van der Waals surface area contributed by atoms with Gasteiger partial charge in [-0.2, -0.15) is 0 Å². The summed E-state index contributed by atoms with van der Waals surface area (Å²) in [5.41, 5.74) is 1.22. The maximum atomic E-state index is 11.0. The fraction of sp³-hybridized carbons (Fsp3) is 0.727. The molecule has 1 N–H and O–H groups in total. The second-order valence-corrected chi connectivity index (χ2v) is 8.79. The summed E-state index contributed by atoms with van der Waals surface area (Å²) in [7, 11) is 0. The van der Waals surface area contributed by atoms with E-state index in [9.17, 15) is 5.11 Å². The summed E-state index contributed by atoms with van der Waals surface area (Å²) in [6.45, 7) is 9.45. The van der Waals surface area contributed by atoms with Gasteiger partial charge in [-0.25, -0.2) is 0 Å². The number of benzene rings is 1. The molecule has 3 heteroatoms. The molecule has 0 amide bonds. The van der Waals surface area contributed by atoms with Gasteiger partial charge in [0.15, 0.2) is 0 Å². The van der Waals surface area contributed by atoms with Crippen molar-refractivity contribution >= 4 is 0 Å². The van der Waals surface area contributed by atoms with Gasteiger partial charge in [-0.05, 0) is 57.9 Å². The minimum Gasteiger partial charge on any atom is -0.390 e. The van der Waals surface area contributed by atoms with Crippen LogP contribution in [0, 0.1) is 0 Å². The van der Waals surface area contributed by atoms with Gasteiger partial charge in [0.2, 0.25) is 0 Å². The highest BCUT2D eigenvalue weighted by atomic mass is 16.5. The van der Waals surface area contributed by atoms with Gasteiger partial charge in [0.05, 0.1) is 11.7 Å². The van der Waals surface area contributed by atoms with E-state index in [1.807, 2.05) is 0 Å². The minimum absolute atomic E-state index is 0.248. The van der Waals surface area contributed by atoms with Crippen molar-refractivity contribution in [3.63, 3.8) is 0 Å². The number of rotatable bonds is 6. The Hall–Kier alpha value is -0.900. The van der Waals surface area contributed by atoms with Crippen LogP contribution in [0.5, 0.6) is 0 Å². The number of ether oxygens (including phenoxy) is 1. The van der Waals surface area contributed by atoms with E-state index in [0.29, 0.717) is 6.04 Å². The van der Waals surface area contributed by atoms with E-state index in [1.54, 1.807) is 0 Å². The first-order valence-corrected chi connectivity index (χ1v) is 10.0. The van der Waals surface area contributed by atoms with Crippen LogP contribution >= 0.6 is 0 Å². The van der Waals surface area contributed by atoms with E-state index in [2.05, 4.69) is 56.0 Å². The molecule has 2 heterocycles. The Balaban J connectivity index is 1.55. The Kier molecular flexibility index (Phi) is 5.87. The van der Waals surface area contributed by atoms with E-state index in [4.69, 9.17) is 4.74 Å². The monoisotopic (exact) mass is 345 g/mol. The van der Waals surface area contributed by atoms with Crippen LogP contribution in [0.15, 0.2) is 30.3 Å². The maximum absolute atomic E-state index is 11.0. The van der Waals surface area contributed by atoms with Crippen LogP contribution in [0.3, 0.4) is 0 Å². The van der Waals surface area contributed by atoms with Gasteiger partial charge in [-0.1, -0.05) is 37.3 Å². The molecule has 0 aliphatic carbocycles. The lowest BCUT2D eigenvalue weighted by atomic mass is 9.70. The van der Waals surface area contributed by atoms with Crippen molar-refractivity contribution in [2.24, 2.45) is 0 Å². The van der Waals surface area contributed by atoms with E-state index in [1.165, 1.54) is 18.4 Å². The largest absolute Gasteiger partial charge is 0.390 e. The summed E-state index contributed by atoms with van der Waals surface area (Å²) in [6.07, 6.45) is 6.35. The SMILES string of the molecule is CC(C)OCCCC1(O)CCN2CC(C)(c3ccccc3)CCC2C1. The molecule has 140 valence electrons. The van der Waals surface area contributed by atoms with Gasteiger partial charge in [-0.15, -0.1) is 0 Å². The van der Waals surface area contributed by atoms with Crippen molar-refractivity contribution in [3.8, 4) is 0 Å². The Morgan fingerprint density at radius 2 is 2.00 bits per heavy atom. The molecular formula is C22H35NO2. The third-order valence-corrected chi connectivity index (χ3v) is 6.29. The third-order valence-electron chi connectivity index (χ3n) is 6.29. The molecule has 25 heavy (non-hydrogen) atoms. The number of aliphatic hydroxyl groups is 1. The van der Waals surface area contributed by atoms with Gasteiger partial charge in [0.1, 0.15) is 0 Å². The standard InChI is InChI=1S/C22H35NO2/c1-18(2)25-15-7-11-22(24)13-14-23-17-21(3,12-10-20(23)16-22)19-8-5-4-6-9-19/h4-6,8-9,18,20,24H,7,10-17H2,1-3H3. The molecule has 3 unspecified atom stereocenters. The Morgan fingerprint density at radius 3 is 2.72 bits per heavy atom. The van der Waals surface area contributed by atoms with Gasteiger partial charge in [0.25, 0.3) is 0 Å². The molecule has 1 aromatic rings. The number of piperidine rings is 2. The van der Waals surface area contributed by atoms with E-state index in [-0.39, 0.29) is 11.5 Å². The molecule has 0 bridgehead atoms. The predicted molar refractivity (Wildman–Crippen MR) is 103 cm³/mol. The highest BCUT2D eigenvalue weighted by molar-refractivity contribution is 5.26. The zero-order valence-corrected chi connectivity index (χ0v) is 16.2. The Bertz CT molecular complexity index is 546. The Morgan fingerprint density at radius 1 is 1.24 bits per heavy atom. The molecular weight excluding hydrogens is 310 g/mol.